The highest BCUT2D eigenvalue weighted by Crippen LogP contribution is 2.43. The summed E-state index contributed by atoms with van der Waals surface area (Å²) in [6.07, 6.45) is 0. The van der Waals surface area contributed by atoms with Crippen molar-refractivity contribution in [3.05, 3.63) is 140 Å². The van der Waals surface area contributed by atoms with E-state index in [1.165, 1.54) is 59.1 Å². The smallest absolute Gasteiger partial charge is 0.135 e. The van der Waals surface area contributed by atoms with Gasteiger partial charge in [0.25, 0.3) is 0 Å². The first-order chi connectivity index (χ1) is 20.3. The highest BCUT2D eigenvalue weighted by atomic mass is 32.1. The van der Waals surface area contributed by atoms with Crippen LogP contribution < -0.4 is 0 Å². The molecule has 41 heavy (non-hydrogen) atoms. The Balaban J connectivity index is 1.19. The van der Waals surface area contributed by atoms with E-state index >= 15 is 0 Å². The number of hydrogen-bond donors (Lipinski definition) is 0. The van der Waals surface area contributed by atoms with Crippen LogP contribution in [0.15, 0.2) is 144 Å². The van der Waals surface area contributed by atoms with Crippen molar-refractivity contribution in [3.8, 4) is 27.9 Å². The van der Waals surface area contributed by atoms with Crippen molar-refractivity contribution >= 4 is 64.5 Å². The molecule has 2 nitrogen and oxygen atoms in total. The molecule has 0 spiro atoms. The fourth-order valence-corrected chi connectivity index (χ4v) is 7.54. The van der Waals surface area contributed by atoms with E-state index in [-0.39, 0.29) is 0 Å². The maximum Gasteiger partial charge on any atom is 0.135 e. The van der Waals surface area contributed by atoms with E-state index in [1.807, 2.05) is 23.5 Å². The number of nitrogens with zero attached hydrogens (tertiary/aromatic N) is 1. The van der Waals surface area contributed by atoms with E-state index in [0.717, 1.165) is 21.9 Å². The molecule has 3 heterocycles. The summed E-state index contributed by atoms with van der Waals surface area (Å²) in [4.78, 5) is 0. The largest absolute Gasteiger partial charge is 0.456 e. The van der Waals surface area contributed by atoms with E-state index < -0.39 is 0 Å². The van der Waals surface area contributed by atoms with Gasteiger partial charge in [0.05, 0.1) is 15.7 Å². The molecule has 192 valence electrons. The lowest BCUT2D eigenvalue weighted by Gasteiger charge is -2.09. The number of thiophene rings is 1. The predicted molar refractivity (Wildman–Crippen MR) is 174 cm³/mol. The number of hydrogen-bond acceptors (Lipinski definition) is 2. The molecule has 9 rings (SSSR count). The van der Waals surface area contributed by atoms with Crippen molar-refractivity contribution in [2.24, 2.45) is 0 Å². The molecule has 0 fully saturated rings. The van der Waals surface area contributed by atoms with Crippen LogP contribution in [-0.4, -0.2) is 4.57 Å². The lowest BCUT2D eigenvalue weighted by Crippen LogP contribution is -1.92. The van der Waals surface area contributed by atoms with Gasteiger partial charge in [-0.05, 0) is 70.8 Å². The van der Waals surface area contributed by atoms with Gasteiger partial charge in [-0.3, -0.25) is 0 Å². The van der Waals surface area contributed by atoms with Gasteiger partial charge >= 0.3 is 0 Å². The van der Waals surface area contributed by atoms with Crippen LogP contribution in [0, 0.1) is 0 Å². The molecule has 0 saturated carbocycles. The molecule has 0 saturated heterocycles. The minimum absolute atomic E-state index is 0.924. The summed E-state index contributed by atoms with van der Waals surface area (Å²) in [5.41, 5.74) is 10.4. The Hall–Kier alpha value is -5.12. The molecule has 3 aromatic heterocycles. The average Bonchev–Trinajstić information content (AvgIpc) is 3.69. The maximum absolute atomic E-state index is 6.06. The number of furan rings is 1. The Kier molecular flexibility index (Phi) is 4.80. The third kappa shape index (κ3) is 3.43. The molecule has 0 aliphatic carbocycles. The van der Waals surface area contributed by atoms with Gasteiger partial charge < -0.3 is 8.98 Å². The SMILES string of the molecule is c1ccc(-n2c3ccccc3c3sc4cc(-c5cccc(-c6ccc7oc8ccccc8c7c6)c5)ccc4c32)cc1. The first-order valence-electron chi connectivity index (χ1n) is 13.9. The second-order valence-corrected chi connectivity index (χ2v) is 11.6. The molecule has 0 aliphatic rings. The van der Waals surface area contributed by atoms with Crippen LogP contribution >= 0.6 is 11.3 Å². The van der Waals surface area contributed by atoms with Gasteiger partial charge in [0.15, 0.2) is 0 Å². The van der Waals surface area contributed by atoms with Gasteiger partial charge in [-0.25, -0.2) is 0 Å². The number of benzene rings is 6. The first kappa shape index (κ1) is 22.7. The summed E-state index contributed by atoms with van der Waals surface area (Å²) in [5, 5.41) is 4.91. The topological polar surface area (TPSA) is 18.1 Å². The Labute approximate surface area is 240 Å². The molecule has 0 unspecified atom stereocenters. The number of rotatable bonds is 3. The van der Waals surface area contributed by atoms with E-state index in [0.29, 0.717) is 0 Å². The Morgan fingerprint density at radius 3 is 2.02 bits per heavy atom. The summed E-state index contributed by atoms with van der Waals surface area (Å²) in [6, 6.07) is 50.0. The van der Waals surface area contributed by atoms with Gasteiger partial charge in [-0.15, -0.1) is 11.3 Å². The fraction of sp³-hybridized carbons (Fsp3) is 0. The first-order valence-corrected chi connectivity index (χ1v) is 14.7. The Morgan fingerprint density at radius 2 is 1.15 bits per heavy atom. The summed E-state index contributed by atoms with van der Waals surface area (Å²) in [5.74, 6) is 0. The van der Waals surface area contributed by atoms with Crippen molar-refractivity contribution in [3.63, 3.8) is 0 Å². The quantitative estimate of drug-likeness (QED) is 0.217. The monoisotopic (exact) mass is 541 g/mol. The van der Waals surface area contributed by atoms with Crippen LogP contribution in [0.25, 0.3) is 81.1 Å². The summed E-state index contributed by atoms with van der Waals surface area (Å²) < 4.78 is 11.1. The van der Waals surface area contributed by atoms with E-state index in [4.69, 9.17) is 4.42 Å². The molecular formula is C38H23NOS. The minimum atomic E-state index is 0.924. The molecule has 0 radical (unpaired) electrons. The lowest BCUT2D eigenvalue weighted by molar-refractivity contribution is 0.669. The number of para-hydroxylation sites is 3. The number of aromatic nitrogens is 1. The van der Waals surface area contributed by atoms with Crippen molar-refractivity contribution in [1.29, 1.82) is 0 Å². The summed E-state index contributed by atoms with van der Waals surface area (Å²) in [7, 11) is 0. The Morgan fingerprint density at radius 1 is 0.463 bits per heavy atom. The summed E-state index contributed by atoms with van der Waals surface area (Å²) >= 11 is 1.89. The van der Waals surface area contributed by atoms with Crippen LogP contribution in [-0.2, 0) is 0 Å². The molecule has 0 N–H and O–H groups in total. The zero-order chi connectivity index (χ0) is 26.9. The van der Waals surface area contributed by atoms with Crippen molar-refractivity contribution in [1.82, 2.24) is 4.57 Å². The molecule has 0 aliphatic heterocycles. The third-order valence-corrected chi connectivity index (χ3v) is 9.37. The van der Waals surface area contributed by atoms with E-state index in [9.17, 15) is 0 Å². The van der Waals surface area contributed by atoms with Gasteiger partial charge in [0, 0.05) is 31.9 Å². The normalized spacial score (nSPS) is 11.9. The van der Waals surface area contributed by atoms with Gasteiger partial charge in [-0.2, -0.15) is 0 Å². The van der Waals surface area contributed by atoms with Crippen LogP contribution in [0.2, 0.25) is 0 Å². The van der Waals surface area contributed by atoms with Gasteiger partial charge in [-0.1, -0.05) is 91.0 Å². The standard InChI is InChI=1S/C38H23NOS/c1-2-11-28(12-3-1)39-33-15-6-4-14-30(33)38-37(39)31-19-17-27(23-36(31)41-38)25-10-8-9-24(21-25)26-18-20-35-32(22-26)29-13-5-7-16-34(29)40-35/h1-23H. The average molecular weight is 542 g/mol. The van der Waals surface area contributed by atoms with E-state index in [2.05, 4.69) is 132 Å². The fourth-order valence-electron chi connectivity index (χ4n) is 6.28. The Bertz CT molecular complexity index is 2420. The van der Waals surface area contributed by atoms with E-state index in [1.54, 1.807) is 0 Å². The van der Waals surface area contributed by atoms with Gasteiger partial charge in [0.1, 0.15) is 11.2 Å². The number of fused-ring (bicyclic) bond motifs is 8. The highest BCUT2D eigenvalue weighted by Gasteiger charge is 2.18. The highest BCUT2D eigenvalue weighted by molar-refractivity contribution is 7.26. The summed E-state index contributed by atoms with van der Waals surface area (Å²) in [6.45, 7) is 0. The minimum Gasteiger partial charge on any atom is -0.456 e. The van der Waals surface area contributed by atoms with Crippen LogP contribution in [0.4, 0.5) is 0 Å². The second-order valence-electron chi connectivity index (χ2n) is 10.6. The second kappa shape index (κ2) is 8.69. The van der Waals surface area contributed by atoms with Crippen molar-refractivity contribution < 1.29 is 4.42 Å². The molecule has 0 amide bonds. The van der Waals surface area contributed by atoms with Crippen molar-refractivity contribution in [2.45, 2.75) is 0 Å². The zero-order valence-electron chi connectivity index (χ0n) is 22.0. The molecule has 3 heteroatoms. The van der Waals surface area contributed by atoms with Crippen LogP contribution in [0.1, 0.15) is 0 Å². The van der Waals surface area contributed by atoms with Gasteiger partial charge in [0.2, 0.25) is 0 Å². The lowest BCUT2D eigenvalue weighted by atomic mass is 9.97. The van der Waals surface area contributed by atoms with Crippen LogP contribution in [0.5, 0.6) is 0 Å². The third-order valence-electron chi connectivity index (χ3n) is 8.20. The molecule has 0 atom stereocenters. The molecule has 0 bridgehead atoms. The molecule has 9 aromatic rings. The van der Waals surface area contributed by atoms with Crippen molar-refractivity contribution in [2.75, 3.05) is 0 Å². The maximum atomic E-state index is 6.06. The predicted octanol–water partition coefficient (Wildman–Crippen LogP) is 11.2. The molecule has 6 aromatic carbocycles. The van der Waals surface area contributed by atoms with Crippen LogP contribution in [0.3, 0.4) is 0 Å². The molecular weight excluding hydrogens is 518 g/mol. The zero-order valence-corrected chi connectivity index (χ0v) is 22.9.